The molecular formula is C26H28F3N5O5. The summed E-state index contributed by atoms with van der Waals surface area (Å²) in [4.78, 5) is 39.9. The van der Waals surface area contributed by atoms with Crippen LogP contribution in [-0.2, 0) is 16.1 Å². The van der Waals surface area contributed by atoms with Crippen LogP contribution < -0.4 is 11.1 Å². The average Bonchev–Trinajstić information content (AvgIpc) is 3.34. The molecule has 3 aromatic rings. The van der Waals surface area contributed by atoms with E-state index in [1.807, 2.05) is 0 Å². The van der Waals surface area contributed by atoms with Gasteiger partial charge in [0, 0.05) is 19.2 Å². The monoisotopic (exact) mass is 547 g/mol. The van der Waals surface area contributed by atoms with Crippen LogP contribution in [-0.4, -0.2) is 51.2 Å². The van der Waals surface area contributed by atoms with E-state index in [0.29, 0.717) is 12.1 Å². The molecule has 6 rings (SSSR count). The Morgan fingerprint density at radius 1 is 1.05 bits per heavy atom. The normalized spacial score (nSPS) is 21.7. The Labute approximate surface area is 221 Å². The molecule has 0 aliphatic heterocycles. The summed E-state index contributed by atoms with van der Waals surface area (Å²) in [5.41, 5.74) is 4.43. The molecule has 0 unspecified atom stereocenters. The number of aromatic carboxylic acids is 1. The van der Waals surface area contributed by atoms with Crippen molar-refractivity contribution in [1.82, 2.24) is 19.9 Å². The van der Waals surface area contributed by atoms with Gasteiger partial charge in [0.25, 0.3) is 5.91 Å². The number of nitrogens with zero attached hydrogens (tertiary/aromatic N) is 3. The van der Waals surface area contributed by atoms with Crippen molar-refractivity contribution >= 4 is 23.5 Å². The van der Waals surface area contributed by atoms with Crippen LogP contribution in [0, 0.1) is 28.3 Å². The first-order valence-electron chi connectivity index (χ1n) is 12.3. The Morgan fingerprint density at radius 2 is 1.72 bits per heavy atom. The molecule has 2 bridgehead atoms. The Kier molecular flexibility index (Phi) is 7.91. The molecule has 13 heteroatoms. The third-order valence-electron chi connectivity index (χ3n) is 7.74. The maximum absolute atomic E-state index is 13.9. The van der Waals surface area contributed by atoms with Crippen molar-refractivity contribution in [2.75, 3.05) is 13.7 Å². The number of carboxylic acids is 1. The van der Waals surface area contributed by atoms with Crippen LogP contribution in [0.25, 0.3) is 5.65 Å². The smallest absolute Gasteiger partial charge is 0.354 e. The quantitative estimate of drug-likeness (QED) is 0.398. The van der Waals surface area contributed by atoms with Crippen molar-refractivity contribution in [3.63, 3.8) is 0 Å². The molecular weight excluding hydrogens is 519 g/mol. The van der Waals surface area contributed by atoms with E-state index in [2.05, 4.69) is 15.4 Å². The van der Waals surface area contributed by atoms with Gasteiger partial charge >= 0.3 is 11.9 Å². The summed E-state index contributed by atoms with van der Waals surface area (Å²) < 4.78 is 44.4. The Morgan fingerprint density at radius 3 is 2.28 bits per heavy atom. The number of benzene rings is 1. The number of rotatable bonds is 6. The second-order valence-electron chi connectivity index (χ2n) is 9.97. The van der Waals surface area contributed by atoms with Crippen molar-refractivity contribution < 1.29 is 37.4 Å². The van der Waals surface area contributed by atoms with Crippen LogP contribution in [0.15, 0.2) is 30.5 Å². The Balaban J connectivity index is 0.000000298. The van der Waals surface area contributed by atoms with E-state index in [1.165, 1.54) is 13.2 Å². The molecule has 2 heterocycles. The molecule has 3 aliphatic rings. The van der Waals surface area contributed by atoms with Gasteiger partial charge in [-0.2, -0.15) is 5.10 Å². The molecule has 1 aromatic carbocycles. The predicted octanol–water partition coefficient (Wildman–Crippen LogP) is 3.23. The molecule has 0 spiro atoms. The summed E-state index contributed by atoms with van der Waals surface area (Å²) >= 11 is 0. The molecule has 0 atom stereocenters. The highest BCUT2D eigenvalue weighted by Crippen LogP contribution is 2.57. The molecule has 4 N–H and O–H groups in total. The van der Waals surface area contributed by atoms with E-state index >= 15 is 0 Å². The number of aromatic nitrogens is 3. The number of hydrogen-bond donors (Lipinski definition) is 3. The first kappa shape index (κ1) is 28.0. The number of fused-ring (bicyclic) bond motifs is 4. The third kappa shape index (κ3) is 5.58. The number of esters is 1. The van der Waals surface area contributed by atoms with Crippen molar-refractivity contribution in [2.45, 2.75) is 45.1 Å². The van der Waals surface area contributed by atoms with Crippen molar-refractivity contribution in [3.8, 4) is 0 Å². The average molecular weight is 548 g/mol. The molecule has 10 nitrogen and oxygen atoms in total. The number of carbonyl (C=O) groups excluding carboxylic acids is 2. The minimum absolute atomic E-state index is 0.0942. The number of carboxylic acid groups (broad SMARTS) is 1. The highest BCUT2D eigenvalue weighted by molar-refractivity contribution is 5.96. The zero-order valence-electron chi connectivity index (χ0n) is 21.2. The fourth-order valence-corrected chi connectivity index (χ4v) is 5.28. The fraction of sp³-hybridized carbons (Fsp3) is 0.423. The summed E-state index contributed by atoms with van der Waals surface area (Å²) in [5, 5.41) is 15.8. The number of hydrogen-bond acceptors (Lipinski definition) is 7. The number of methoxy groups -OCH3 is 1. The Hall–Kier alpha value is -4.00. The summed E-state index contributed by atoms with van der Waals surface area (Å²) in [6.07, 6.45) is 5.45. The van der Waals surface area contributed by atoms with Gasteiger partial charge in [0.2, 0.25) is 0 Å². The minimum Gasteiger partial charge on any atom is -0.477 e. The van der Waals surface area contributed by atoms with E-state index in [0.717, 1.165) is 67.4 Å². The van der Waals surface area contributed by atoms with Gasteiger partial charge in [-0.3, -0.25) is 9.59 Å². The van der Waals surface area contributed by atoms with E-state index in [-0.39, 0.29) is 29.3 Å². The van der Waals surface area contributed by atoms with Gasteiger partial charge in [-0.25, -0.2) is 27.5 Å². The molecule has 39 heavy (non-hydrogen) atoms. The van der Waals surface area contributed by atoms with Crippen LogP contribution in [0.2, 0.25) is 0 Å². The molecule has 0 radical (unpaired) electrons. The zero-order valence-corrected chi connectivity index (χ0v) is 21.2. The van der Waals surface area contributed by atoms with Crippen molar-refractivity contribution in [2.24, 2.45) is 16.6 Å². The molecule has 2 aromatic heterocycles. The lowest BCUT2D eigenvalue weighted by Crippen LogP contribution is -2.50. The highest BCUT2D eigenvalue weighted by Gasteiger charge is 2.53. The number of nitrogens with two attached hydrogens (primary N) is 1. The van der Waals surface area contributed by atoms with Gasteiger partial charge in [-0.05, 0) is 61.6 Å². The Bertz CT molecular complexity index is 1400. The standard InChI is InChI=1S/C19H21FN4O5.C7H7F2N/c1-29-17(28)19-5-2-18(3-6-19,4-7-19)10-21-15(25)13-8-12(16(26)27)23-14-11(20)9-22-24(13)14;8-6-2-1-5(4-10)3-7(6)9/h8-9H,2-7,10H2,1H3,(H,21,25)(H,26,27);1-3H,4,10H2. The first-order valence-corrected chi connectivity index (χ1v) is 12.3. The molecule has 3 aliphatic carbocycles. The van der Waals surface area contributed by atoms with Gasteiger partial charge < -0.3 is 20.9 Å². The first-order chi connectivity index (χ1) is 18.5. The van der Waals surface area contributed by atoms with Gasteiger partial charge in [-0.1, -0.05) is 6.07 Å². The molecule has 1 amide bonds. The van der Waals surface area contributed by atoms with Gasteiger partial charge in [0.05, 0.1) is 18.7 Å². The van der Waals surface area contributed by atoms with E-state index in [4.69, 9.17) is 10.5 Å². The highest BCUT2D eigenvalue weighted by atomic mass is 19.2. The van der Waals surface area contributed by atoms with Crippen molar-refractivity contribution in [3.05, 3.63) is 64.9 Å². The third-order valence-corrected chi connectivity index (χ3v) is 7.74. The van der Waals surface area contributed by atoms with E-state index in [9.17, 15) is 32.7 Å². The SMILES string of the molecule is COC(=O)C12CCC(CNC(=O)c3cc(C(=O)O)nc4c(F)cnn34)(CC1)CC2.NCc1ccc(F)c(F)c1. The summed E-state index contributed by atoms with van der Waals surface area (Å²) in [5.74, 6) is -4.55. The maximum atomic E-state index is 13.9. The van der Waals surface area contributed by atoms with E-state index < -0.39 is 40.4 Å². The van der Waals surface area contributed by atoms with Crippen LogP contribution in [0.5, 0.6) is 0 Å². The number of carbonyl (C=O) groups is 3. The lowest BCUT2D eigenvalue weighted by molar-refractivity contribution is -0.162. The van der Waals surface area contributed by atoms with Crippen LogP contribution in [0.1, 0.15) is 65.1 Å². The molecule has 3 saturated carbocycles. The molecule has 208 valence electrons. The number of nitrogens with one attached hydrogen (secondary N) is 1. The summed E-state index contributed by atoms with van der Waals surface area (Å²) in [6, 6.07) is 4.70. The van der Waals surface area contributed by atoms with Crippen molar-refractivity contribution in [1.29, 1.82) is 0 Å². The number of halogens is 3. The zero-order chi connectivity index (χ0) is 28.4. The van der Waals surface area contributed by atoms with Gasteiger partial charge in [0.1, 0.15) is 5.69 Å². The molecule has 3 fully saturated rings. The predicted molar refractivity (Wildman–Crippen MR) is 131 cm³/mol. The fourth-order valence-electron chi connectivity index (χ4n) is 5.28. The largest absolute Gasteiger partial charge is 0.477 e. The summed E-state index contributed by atoms with van der Waals surface area (Å²) in [7, 11) is 1.41. The van der Waals surface area contributed by atoms with Crippen LogP contribution in [0.4, 0.5) is 13.2 Å². The van der Waals surface area contributed by atoms with E-state index in [1.54, 1.807) is 0 Å². The summed E-state index contributed by atoms with van der Waals surface area (Å²) in [6.45, 7) is 0.621. The van der Waals surface area contributed by atoms with Gasteiger partial charge in [-0.15, -0.1) is 0 Å². The van der Waals surface area contributed by atoms with Crippen LogP contribution in [0.3, 0.4) is 0 Å². The lowest BCUT2D eigenvalue weighted by Gasteiger charge is -2.51. The van der Waals surface area contributed by atoms with Gasteiger partial charge in [0.15, 0.2) is 28.8 Å². The van der Waals surface area contributed by atoms with Crippen LogP contribution >= 0.6 is 0 Å². The topological polar surface area (TPSA) is 149 Å². The number of amides is 1. The second kappa shape index (κ2) is 11.0. The second-order valence-corrected chi connectivity index (χ2v) is 9.97. The minimum atomic E-state index is -1.36. The molecule has 0 saturated heterocycles. The number of ether oxygens (including phenoxy) is 1. The maximum Gasteiger partial charge on any atom is 0.354 e. The lowest BCUT2D eigenvalue weighted by atomic mass is 9.53.